The molecule has 4 rings (SSSR count). The van der Waals surface area contributed by atoms with Crippen LogP contribution in [0.4, 0.5) is 9.80 Å². The Hall–Kier alpha value is -3.39. The quantitative estimate of drug-likeness (QED) is 0.529. The van der Waals surface area contributed by atoms with Gasteiger partial charge in [0.15, 0.2) is 0 Å². The maximum Gasteiger partial charge on any atom is 0.410 e. The number of ether oxygens (including phenoxy) is 2. The zero-order valence-electron chi connectivity index (χ0n) is 18.7. The topological polar surface area (TPSA) is 84.9 Å². The molecule has 1 aliphatic rings. The normalized spacial score (nSPS) is 12.8. The first-order valence-electron chi connectivity index (χ1n) is 11.0. The van der Waals surface area contributed by atoms with Gasteiger partial charge in [0, 0.05) is 11.4 Å². The first-order valence-corrected chi connectivity index (χ1v) is 11.8. The largest absolute Gasteiger partial charge is 0.462 e. The summed E-state index contributed by atoms with van der Waals surface area (Å²) in [5, 5.41) is 5.49. The lowest BCUT2D eigenvalue weighted by Crippen LogP contribution is -2.36. The smallest absolute Gasteiger partial charge is 0.410 e. The number of nitrogens with zero attached hydrogens (tertiary/aromatic N) is 1. The molecule has 0 saturated heterocycles. The lowest BCUT2D eigenvalue weighted by Gasteiger charge is -2.26. The lowest BCUT2D eigenvalue weighted by atomic mass is 10.0. The van der Waals surface area contributed by atoms with E-state index in [2.05, 4.69) is 5.32 Å². The summed E-state index contributed by atoms with van der Waals surface area (Å²) in [7, 11) is 0. The van der Waals surface area contributed by atoms with Crippen molar-refractivity contribution in [3.8, 4) is 0 Å². The van der Waals surface area contributed by atoms with Gasteiger partial charge < -0.3 is 19.7 Å². The van der Waals surface area contributed by atoms with E-state index in [1.165, 1.54) is 11.3 Å². The molecule has 1 aromatic heterocycles. The Morgan fingerprint density at radius 1 is 1.03 bits per heavy atom. The minimum absolute atomic E-state index is 0.182. The Balaban J connectivity index is 1.59. The van der Waals surface area contributed by atoms with Crippen LogP contribution < -0.4 is 5.32 Å². The fourth-order valence-corrected chi connectivity index (χ4v) is 5.34. The minimum Gasteiger partial charge on any atom is -0.462 e. The van der Waals surface area contributed by atoms with Crippen LogP contribution in [0, 0.1) is 0 Å². The van der Waals surface area contributed by atoms with E-state index in [1.54, 1.807) is 18.7 Å². The van der Waals surface area contributed by atoms with Crippen LogP contribution in [0.1, 0.15) is 40.2 Å². The molecule has 2 heterocycles. The van der Waals surface area contributed by atoms with Gasteiger partial charge in [0.25, 0.3) is 0 Å². The van der Waals surface area contributed by atoms with Gasteiger partial charge in [0.05, 0.1) is 31.7 Å². The van der Waals surface area contributed by atoms with Crippen LogP contribution in [0.2, 0.25) is 0 Å². The van der Waals surface area contributed by atoms with Crippen molar-refractivity contribution in [3.05, 3.63) is 64.0 Å². The molecule has 1 aliphatic heterocycles. The van der Waals surface area contributed by atoms with Gasteiger partial charge in [-0.15, -0.1) is 11.3 Å². The number of hydrogen-bond acceptors (Lipinski definition) is 6. The van der Waals surface area contributed by atoms with E-state index >= 15 is 0 Å². The molecule has 3 aromatic rings. The Bertz CT molecular complexity index is 1200. The fraction of sp³-hybridized carbons (Fsp3) is 0.320. The molecule has 0 radical (unpaired) electrons. The van der Waals surface area contributed by atoms with E-state index in [0.29, 0.717) is 36.7 Å². The third-order valence-electron chi connectivity index (χ3n) is 5.55. The summed E-state index contributed by atoms with van der Waals surface area (Å²) in [4.78, 5) is 40.4. The number of thiophene rings is 1. The van der Waals surface area contributed by atoms with Crippen LogP contribution in [0.5, 0.6) is 0 Å². The predicted octanol–water partition coefficient (Wildman–Crippen LogP) is 4.77. The number of esters is 1. The lowest BCUT2D eigenvalue weighted by molar-refractivity contribution is -0.115. The molecular weight excluding hydrogens is 440 g/mol. The van der Waals surface area contributed by atoms with E-state index < -0.39 is 5.97 Å². The van der Waals surface area contributed by atoms with E-state index in [-0.39, 0.29) is 25.0 Å². The van der Waals surface area contributed by atoms with Gasteiger partial charge in [-0.1, -0.05) is 42.5 Å². The molecule has 0 fully saturated rings. The number of nitrogens with one attached hydrogen (secondary N) is 1. The fourth-order valence-electron chi connectivity index (χ4n) is 4.07. The molecule has 2 aromatic carbocycles. The van der Waals surface area contributed by atoms with Gasteiger partial charge in [-0.2, -0.15) is 0 Å². The molecule has 8 heteroatoms. The highest BCUT2D eigenvalue weighted by molar-refractivity contribution is 7.17. The van der Waals surface area contributed by atoms with Crippen LogP contribution in [-0.4, -0.2) is 42.6 Å². The number of amides is 2. The van der Waals surface area contributed by atoms with E-state index in [4.69, 9.17) is 9.47 Å². The number of rotatable bonds is 6. The molecule has 0 bridgehead atoms. The van der Waals surface area contributed by atoms with Crippen LogP contribution >= 0.6 is 11.3 Å². The first-order chi connectivity index (χ1) is 16.0. The Kier molecular flexibility index (Phi) is 6.93. The van der Waals surface area contributed by atoms with Gasteiger partial charge in [0.2, 0.25) is 5.91 Å². The van der Waals surface area contributed by atoms with Crippen molar-refractivity contribution >= 4 is 45.1 Å². The zero-order chi connectivity index (χ0) is 23.4. The number of hydrogen-bond donors (Lipinski definition) is 1. The summed E-state index contributed by atoms with van der Waals surface area (Å²) in [5.41, 5.74) is 2.14. The number of fused-ring (bicyclic) bond motifs is 2. The number of carbonyl (C=O) groups excluding carboxylic acids is 3. The van der Waals surface area contributed by atoms with E-state index in [0.717, 1.165) is 26.8 Å². The van der Waals surface area contributed by atoms with Gasteiger partial charge >= 0.3 is 12.1 Å². The maximum atomic E-state index is 13.0. The molecule has 0 aliphatic carbocycles. The maximum absolute atomic E-state index is 13.0. The summed E-state index contributed by atoms with van der Waals surface area (Å²) in [5.74, 6) is -0.669. The number of anilines is 1. The van der Waals surface area contributed by atoms with Crippen molar-refractivity contribution in [2.24, 2.45) is 0 Å². The molecule has 0 spiro atoms. The Morgan fingerprint density at radius 2 is 1.79 bits per heavy atom. The molecule has 2 amide bonds. The van der Waals surface area contributed by atoms with Crippen molar-refractivity contribution in [1.82, 2.24) is 4.90 Å². The molecule has 172 valence electrons. The standard InChI is InChI=1S/C25H26N2O5S/c1-3-31-24(29)22-19-12-13-27(25(30)32-4-2)15-20(19)33-23(22)26-21(28)14-17-10-7-9-16-8-5-6-11-18(16)17/h5-11H,3-4,12-15H2,1-2H3,(H,26,28). The van der Waals surface area contributed by atoms with E-state index in [9.17, 15) is 14.4 Å². The van der Waals surface area contributed by atoms with Crippen LogP contribution in [0.15, 0.2) is 42.5 Å². The summed E-state index contributed by atoms with van der Waals surface area (Å²) in [6.07, 6.45) is 0.301. The summed E-state index contributed by atoms with van der Waals surface area (Å²) < 4.78 is 10.4. The van der Waals surface area contributed by atoms with Gasteiger partial charge in [0.1, 0.15) is 5.00 Å². The van der Waals surface area contributed by atoms with Crippen LogP contribution in [-0.2, 0) is 33.7 Å². The van der Waals surface area contributed by atoms with E-state index in [1.807, 2.05) is 42.5 Å². The second kappa shape index (κ2) is 10.0. The van der Waals surface area contributed by atoms with Gasteiger partial charge in [-0.05, 0) is 42.2 Å². The molecule has 33 heavy (non-hydrogen) atoms. The van der Waals surface area contributed by atoms with Crippen LogP contribution in [0.25, 0.3) is 10.8 Å². The van der Waals surface area contributed by atoms with Crippen molar-refractivity contribution in [1.29, 1.82) is 0 Å². The van der Waals surface area contributed by atoms with Gasteiger partial charge in [-0.25, -0.2) is 9.59 Å². The molecular formula is C25H26N2O5S. The number of benzene rings is 2. The third-order valence-corrected chi connectivity index (χ3v) is 6.68. The summed E-state index contributed by atoms with van der Waals surface area (Å²) in [6.45, 7) is 4.83. The molecule has 0 atom stereocenters. The third kappa shape index (κ3) is 4.85. The predicted molar refractivity (Wildman–Crippen MR) is 128 cm³/mol. The molecule has 7 nitrogen and oxygen atoms in total. The average Bonchev–Trinajstić information content (AvgIpc) is 3.16. The van der Waals surface area contributed by atoms with Crippen molar-refractivity contribution in [2.45, 2.75) is 33.2 Å². The highest BCUT2D eigenvalue weighted by atomic mass is 32.1. The monoisotopic (exact) mass is 466 g/mol. The second-order valence-corrected chi connectivity index (χ2v) is 8.77. The molecule has 0 saturated carbocycles. The van der Waals surface area contributed by atoms with Crippen molar-refractivity contribution in [3.63, 3.8) is 0 Å². The zero-order valence-corrected chi connectivity index (χ0v) is 19.5. The average molecular weight is 467 g/mol. The molecule has 1 N–H and O–H groups in total. The minimum atomic E-state index is -0.458. The van der Waals surface area contributed by atoms with Crippen molar-refractivity contribution in [2.75, 3.05) is 25.1 Å². The SMILES string of the molecule is CCOC(=O)c1c(NC(=O)Cc2cccc3ccccc23)sc2c1CCN(C(=O)OCC)C2. The highest BCUT2D eigenvalue weighted by Gasteiger charge is 2.31. The first kappa shape index (κ1) is 22.8. The Labute approximate surface area is 196 Å². The summed E-state index contributed by atoms with van der Waals surface area (Å²) in [6, 6.07) is 13.8. The summed E-state index contributed by atoms with van der Waals surface area (Å²) >= 11 is 1.32. The molecule has 0 unspecified atom stereocenters. The highest BCUT2D eigenvalue weighted by Crippen LogP contribution is 2.38. The van der Waals surface area contributed by atoms with Crippen LogP contribution in [0.3, 0.4) is 0 Å². The van der Waals surface area contributed by atoms with Gasteiger partial charge in [-0.3, -0.25) is 4.79 Å². The number of carbonyl (C=O) groups is 3. The second-order valence-electron chi connectivity index (χ2n) is 7.66. The van der Waals surface area contributed by atoms with Crippen molar-refractivity contribution < 1.29 is 23.9 Å². The Morgan fingerprint density at radius 3 is 2.58 bits per heavy atom.